The molecule has 1 fully saturated rings. The number of amides is 2. The molecule has 1 aromatic rings. The Hall–Kier alpha value is -2.09. The molecule has 0 aliphatic heterocycles. The van der Waals surface area contributed by atoms with E-state index in [0.29, 0.717) is 18.4 Å². The Morgan fingerprint density at radius 1 is 1.08 bits per heavy atom. The minimum Gasteiger partial charge on any atom is -0.354 e. The summed E-state index contributed by atoms with van der Waals surface area (Å²) >= 11 is 0. The summed E-state index contributed by atoms with van der Waals surface area (Å²) in [5.74, 6) is -0.825. The molecule has 0 spiro atoms. The van der Waals surface area contributed by atoms with E-state index in [9.17, 15) is 22.8 Å². The first kappa shape index (κ1) is 20.2. The second-order valence-corrected chi connectivity index (χ2v) is 6.68. The van der Waals surface area contributed by atoms with Gasteiger partial charge in [0.05, 0.1) is 18.7 Å². The molecule has 0 heterocycles. The van der Waals surface area contributed by atoms with E-state index in [-0.39, 0.29) is 25.5 Å². The van der Waals surface area contributed by atoms with Crippen molar-refractivity contribution in [1.82, 2.24) is 10.6 Å². The summed E-state index contributed by atoms with van der Waals surface area (Å²) in [6.07, 6.45) is -0.150. The standard InChI is InChI=1S/C18H24F3N3O2/c19-18(20,21)14-6-4-5-13(9-14)17(7-2-1-3-8-17)12-24-16(26)11-23-15(25)10-22/h4-6,9H,1-3,7-8,10-12,22H2,(H,23,25)(H,24,26). The first-order valence-electron chi connectivity index (χ1n) is 8.68. The largest absolute Gasteiger partial charge is 0.416 e. The molecule has 2 amide bonds. The molecule has 1 saturated carbocycles. The Labute approximate surface area is 150 Å². The second-order valence-electron chi connectivity index (χ2n) is 6.68. The Kier molecular flexibility index (Phi) is 6.63. The lowest BCUT2D eigenvalue weighted by atomic mass is 9.69. The summed E-state index contributed by atoms with van der Waals surface area (Å²) in [6, 6.07) is 5.36. The molecule has 2 rings (SSSR count). The molecule has 26 heavy (non-hydrogen) atoms. The van der Waals surface area contributed by atoms with E-state index in [4.69, 9.17) is 5.73 Å². The average Bonchev–Trinajstić information content (AvgIpc) is 2.64. The van der Waals surface area contributed by atoms with E-state index in [1.165, 1.54) is 12.1 Å². The molecule has 0 aromatic heterocycles. The Morgan fingerprint density at radius 3 is 2.38 bits per heavy atom. The van der Waals surface area contributed by atoms with Gasteiger partial charge in [-0.25, -0.2) is 0 Å². The quantitative estimate of drug-likeness (QED) is 0.716. The molecule has 0 saturated heterocycles. The average molecular weight is 371 g/mol. The number of benzene rings is 1. The van der Waals surface area contributed by atoms with Crippen molar-refractivity contribution in [3.63, 3.8) is 0 Å². The predicted molar refractivity (Wildman–Crippen MR) is 91.3 cm³/mol. The van der Waals surface area contributed by atoms with Crippen LogP contribution in [0, 0.1) is 0 Å². The smallest absolute Gasteiger partial charge is 0.354 e. The molecule has 5 nitrogen and oxygen atoms in total. The third-order valence-corrected chi connectivity index (χ3v) is 4.87. The van der Waals surface area contributed by atoms with Gasteiger partial charge in [-0.15, -0.1) is 0 Å². The van der Waals surface area contributed by atoms with Crippen LogP contribution in [-0.2, 0) is 21.2 Å². The van der Waals surface area contributed by atoms with Crippen LogP contribution in [0.25, 0.3) is 0 Å². The van der Waals surface area contributed by atoms with Crippen molar-refractivity contribution >= 4 is 11.8 Å². The second kappa shape index (κ2) is 8.53. The van der Waals surface area contributed by atoms with Crippen molar-refractivity contribution in [3.8, 4) is 0 Å². The van der Waals surface area contributed by atoms with E-state index >= 15 is 0 Å². The number of carbonyl (C=O) groups excluding carboxylic acids is 2. The molecule has 4 N–H and O–H groups in total. The van der Waals surface area contributed by atoms with Crippen LogP contribution in [-0.4, -0.2) is 31.4 Å². The highest BCUT2D eigenvalue weighted by molar-refractivity contribution is 5.85. The monoisotopic (exact) mass is 371 g/mol. The maximum Gasteiger partial charge on any atom is 0.416 e. The number of nitrogens with two attached hydrogens (primary N) is 1. The number of alkyl halides is 3. The van der Waals surface area contributed by atoms with Crippen LogP contribution in [0.4, 0.5) is 13.2 Å². The normalized spacial score (nSPS) is 16.8. The third-order valence-electron chi connectivity index (χ3n) is 4.87. The molecule has 1 aromatic carbocycles. The summed E-state index contributed by atoms with van der Waals surface area (Å²) in [7, 11) is 0. The fourth-order valence-corrected chi connectivity index (χ4v) is 3.40. The van der Waals surface area contributed by atoms with Crippen molar-refractivity contribution in [2.45, 2.75) is 43.7 Å². The van der Waals surface area contributed by atoms with Gasteiger partial charge in [-0.2, -0.15) is 13.2 Å². The molecule has 0 radical (unpaired) electrons. The maximum atomic E-state index is 13.1. The van der Waals surface area contributed by atoms with Gasteiger partial charge in [0.1, 0.15) is 0 Å². The van der Waals surface area contributed by atoms with E-state index in [2.05, 4.69) is 10.6 Å². The molecule has 144 valence electrons. The summed E-state index contributed by atoms with van der Waals surface area (Å²) < 4.78 is 39.2. The van der Waals surface area contributed by atoms with E-state index in [0.717, 1.165) is 25.3 Å². The summed E-state index contributed by atoms with van der Waals surface area (Å²) in [5, 5.41) is 5.13. The van der Waals surface area contributed by atoms with Gasteiger partial charge < -0.3 is 16.4 Å². The van der Waals surface area contributed by atoms with E-state index < -0.39 is 23.1 Å². The van der Waals surface area contributed by atoms with Gasteiger partial charge >= 0.3 is 6.18 Å². The summed E-state index contributed by atoms with van der Waals surface area (Å²) in [4.78, 5) is 23.1. The first-order chi connectivity index (χ1) is 12.3. The molecule has 0 unspecified atom stereocenters. The molecular weight excluding hydrogens is 347 g/mol. The van der Waals surface area contributed by atoms with Gasteiger partial charge in [0.15, 0.2) is 0 Å². The van der Waals surface area contributed by atoms with Crippen LogP contribution in [0.2, 0.25) is 0 Å². The lowest BCUT2D eigenvalue weighted by Gasteiger charge is -2.38. The van der Waals surface area contributed by atoms with E-state index in [1.54, 1.807) is 6.07 Å². The van der Waals surface area contributed by atoms with Crippen molar-refractivity contribution in [3.05, 3.63) is 35.4 Å². The zero-order valence-electron chi connectivity index (χ0n) is 14.5. The van der Waals surface area contributed by atoms with Gasteiger partial charge in [-0.05, 0) is 24.5 Å². The number of hydrogen-bond acceptors (Lipinski definition) is 3. The molecule has 0 bridgehead atoms. The van der Waals surface area contributed by atoms with Gasteiger partial charge in [0.2, 0.25) is 11.8 Å². The van der Waals surface area contributed by atoms with Crippen molar-refractivity contribution < 1.29 is 22.8 Å². The SMILES string of the molecule is NCC(=O)NCC(=O)NCC1(c2cccc(C(F)(F)F)c2)CCCCC1. The van der Waals surface area contributed by atoms with Crippen LogP contribution >= 0.6 is 0 Å². The van der Waals surface area contributed by atoms with Gasteiger partial charge in [-0.1, -0.05) is 37.5 Å². The van der Waals surface area contributed by atoms with Crippen LogP contribution in [0.15, 0.2) is 24.3 Å². The summed E-state index contributed by atoms with van der Waals surface area (Å²) in [6.45, 7) is -0.165. The number of rotatable bonds is 6. The van der Waals surface area contributed by atoms with Crippen LogP contribution in [0.3, 0.4) is 0 Å². The lowest BCUT2D eigenvalue weighted by Crippen LogP contribution is -2.46. The molecule has 1 aliphatic rings. The Morgan fingerprint density at radius 2 is 1.77 bits per heavy atom. The number of nitrogens with one attached hydrogen (secondary N) is 2. The molecule has 1 aliphatic carbocycles. The topological polar surface area (TPSA) is 84.2 Å². The first-order valence-corrected chi connectivity index (χ1v) is 8.68. The third kappa shape index (κ3) is 5.20. The number of carbonyl (C=O) groups is 2. The highest BCUT2D eigenvalue weighted by atomic mass is 19.4. The molecule has 8 heteroatoms. The predicted octanol–water partition coefficient (Wildman–Crippen LogP) is 2.10. The minimum absolute atomic E-state index is 0.200. The number of hydrogen-bond donors (Lipinski definition) is 3. The van der Waals surface area contributed by atoms with Crippen LogP contribution in [0.5, 0.6) is 0 Å². The van der Waals surface area contributed by atoms with Crippen LogP contribution in [0.1, 0.15) is 43.2 Å². The highest BCUT2D eigenvalue weighted by Crippen LogP contribution is 2.41. The van der Waals surface area contributed by atoms with Crippen molar-refractivity contribution in [1.29, 1.82) is 0 Å². The van der Waals surface area contributed by atoms with Crippen LogP contribution < -0.4 is 16.4 Å². The molecular formula is C18H24F3N3O2. The lowest BCUT2D eigenvalue weighted by molar-refractivity contribution is -0.137. The fourth-order valence-electron chi connectivity index (χ4n) is 3.40. The van der Waals surface area contributed by atoms with Gasteiger partial charge in [0, 0.05) is 12.0 Å². The Bertz CT molecular complexity index is 641. The van der Waals surface area contributed by atoms with E-state index in [1.807, 2.05) is 0 Å². The van der Waals surface area contributed by atoms with Gasteiger partial charge in [-0.3, -0.25) is 9.59 Å². The molecule has 0 atom stereocenters. The highest BCUT2D eigenvalue weighted by Gasteiger charge is 2.37. The van der Waals surface area contributed by atoms with Gasteiger partial charge in [0.25, 0.3) is 0 Å². The Balaban J connectivity index is 2.13. The van der Waals surface area contributed by atoms with Crippen molar-refractivity contribution in [2.75, 3.05) is 19.6 Å². The van der Waals surface area contributed by atoms with Crippen molar-refractivity contribution in [2.24, 2.45) is 5.73 Å². The zero-order chi connectivity index (χ0) is 19.2. The number of halogens is 3. The minimum atomic E-state index is -4.40. The maximum absolute atomic E-state index is 13.1. The summed E-state index contributed by atoms with van der Waals surface area (Å²) in [5.41, 5.74) is 4.56. The zero-order valence-corrected chi connectivity index (χ0v) is 14.5. The fraction of sp³-hybridized carbons (Fsp3) is 0.556.